The smallest absolute Gasteiger partial charge is 0.410 e. The van der Waals surface area contributed by atoms with Gasteiger partial charge in [-0.05, 0) is 82.7 Å². The van der Waals surface area contributed by atoms with Crippen LogP contribution >= 0.6 is 0 Å². The topological polar surface area (TPSA) is 142 Å². The number of amides is 2. The molecule has 1 aromatic carbocycles. The minimum atomic E-state index is -0.667. The number of ether oxygens (including phenoxy) is 2. The molecule has 3 heterocycles. The first-order chi connectivity index (χ1) is 19.9. The number of nitrogens with one attached hydrogen (secondary N) is 1. The first kappa shape index (κ1) is 30.5. The second-order valence-electron chi connectivity index (χ2n) is 11.6. The van der Waals surface area contributed by atoms with Crippen molar-refractivity contribution in [1.29, 1.82) is 0 Å². The molecule has 0 aliphatic carbocycles. The Hall–Kier alpha value is -4.41. The summed E-state index contributed by atoms with van der Waals surface area (Å²) >= 11 is 0. The van der Waals surface area contributed by atoms with Gasteiger partial charge in [0.2, 0.25) is 0 Å². The fourth-order valence-corrected chi connectivity index (χ4v) is 4.86. The lowest BCUT2D eigenvalue weighted by Gasteiger charge is -2.36. The van der Waals surface area contributed by atoms with E-state index >= 15 is 0 Å². The monoisotopic (exact) mass is 576 g/mol. The highest BCUT2D eigenvalue weighted by atomic mass is 16.6. The van der Waals surface area contributed by atoms with Crippen molar-refractivity contribution in [3.8, 4) is 11.3 Å². The fourth-order valence-electron chi connectivity index (χ4n) is 4.86. The number of likely N-dealkylation sites (tertiary alicyclic amines) is 1. The lowest BCUT2D eigenvalue weighted by Crippen LogP contribution is -2.43. The number of carbonyl (C=O) groups excluding carboxylic acids is 3. The summed E-state index contributed by atoms with van der Waals surface area (Å²) in [4.78, 5) is 49.8. The van der Waals surface area contributed by atoms with Gasteiger partial charge in [-0.3, -0.25) is 9.69 Å². The highest BCUT2D eigenvalue weighted by molar-refractivity contribution is 6.04. The van der Waals surface area contributed by atoms with Gasteiger partial charge in [-0.1, -0.05) is 26.0 Å². The zero-order chi connectivity index (χ0) is 30.6. The van der Waals surface area contributed by atoms with Gasteiger partial charge >= 0.3 is 12.1 Å². The van der Waals surface area contributed by atoms with Crippen LogP contribution in [-0.2, 0) is 9.47 Å². The van der Waals surface area contributed by atoms with Crippen molar-refractivity contribution in [3.05, 3.63) is 65.2 Å². The Balaban J connectivity index is 1.66. The standard InChI is InChI=1S/C31H40N6O5/c1-7-41-29(39)26-25(35-27(37(26)32)23-10-8-9-17-36(23)30(40)42-31(4,5)6)20-11-13-21(14-12-20)28(38)34-24-18-22(19(2)3)15-16-33-24/h11-16,18-19,23H,7-10,17,32H2,1-6H3,(H,33,34,38). The van der Waals surface area contributed by atoms with Crippen molar-refractivity contribution in [1.82, 2.24) is 19.5 Å². The maximum atomic E-state index is 13.1. The summed E-state index contributed by atoms with van der Waals surface area (Å²) in [6.07, 6.45) is 3.50. The van der Waals surface area contributed by atoms with E-state index in [2.05, 4.69) is 24.1 Å². The molecule has 224 valence electrons. The van der Waals surface area contributed by atoms with Crippen molar-refractivity contribution in [2.45, 2.75) is 78.4 Å². The molecule has 11 nitrogen and oxygen atoms in total. The molecule has 1 unspecified atom stereocenters. The number of pyridine rings is 1. The molecular weight excluding hydrogens is 536 g/mol. The number of imidazole rings is 1. The summed E-state index contributed by atoms with van der Waals surface area (Å²) in [5, 5.41) is 2.83. The Morgan fingerprint density at radius 2 is 1.83 bits per heavy atom. The van der Waals surface area contributed by atoms with Gasteiger partial charge in [-0.15, -0.1) is 0 Å². The molecule has 2 amide bonds. The number of nitrogens with zero attached hydrogens (tertiary/aromatic N) is 4. The van der Waals surface area contributed by atoms with E-state index in [0.29, 0.717) is 47.3 Å². The van der Waals surface area contributed by atoms with Gasteiger partial charge in [0.05, 0.1) is 12.6 Å². The molecule has 0 bridgehead atoms. The molecule has 42 heavy (non-hydrogen) atoms. The Morgan fingerprint density at radius 3 is 2.48 bits per heavy atom. The van der Waals surface area contributed by atoms with Crippen molar-refractivity contribution in [3.63, 3.8) is 0 Å². The largest absolute Gasteiger partial charge is 0.461 e. The second kappa shape index (κ2) is 12.6. The fraction of sp³-hybridized carbons (Fsp3) is 0.452. The molecule has 0 saturated carbocycles. The second-order valence-corrected chi connectivity index (χ2v) is 11.6. The van der Waals surface area contributed by atoms with Gasteiger partial charge in [0.25, 0.3) is 5.91 Å². The molecule has 3 N–H and O–H groups in total. The van der Waals surface area contributed by atoms with Gasteiger partial charge in [-0.2, -0.15) is 0 Å². The molecule has 1 aliphatic heterocycles. The number of carbonyl (C=O) groups is 3. The Morgan fingerprint density at radius 1 is 1.12 bits per heavy atom. The van der Waals surface area contributed by atoms with E-state index in [1.165, 1.54) is 4.68 Å². The first-order valence-corrected chi connectivity index (χ1v) is 14.3. The average molecular weight is 577 g/mol. The molecule has 11 heteroatoms. The van der Waals surface area contributed by atoms with Crippen LogP contribution in [0.5, 0.6) is 0 Å². The summed E-state index contributed by atoms with van der Waals surface area (Å²) < 4.78 is 12.2. The van der Waals surface area contributed by atoms with Crippen LogP contribution in [0.3, 0.4) is 0 Å². The molecule has 4 rings (SSSR count). The zero-order valence-electron chi connectivity index (χ0n) is 25.1. The van der Waals surface area contributed by atoms with Gasteiger partial charge in [0, 0.05) is 23.9 Å². The Kier molecular flexibility index (Phi) is 9.18. The van der Waals surface area contributed by atoms with Gasteiger partial charge in [0.1, 0.15) is 17.1 Å². The molecule has 1 atom stereocenters. The first-order valence-electron chi connectivity index (χ1n) is 14.3. The third kappa shape index (κ3) is 6.89. The van der Waals surface area contributed by atoms with Crippen molar-refractivity contribution in [2.24, 2.45) is 0 Å². The number of benzene rings is 1. The van der Waals surface area contributed by atoms with E-state index in [1.807, 2.05) is 32.9 Å². The summed E-state index contributed by atoms with van der Waals surface area (Å²) in [6, 6.07) is 9.98. The van der Waals surface area contributed by atoms with Crippen molar-refractivity contribution >= 4 is 23.8 Å². The lowest BCUT2D eigenvalue weighted by atomic mass is 10.0. The van der Waals surface area contributed by atoms with Crippen LogP contribution in [0.2, 0.25) is 0 Å². The quantitative estimate of drug-likeness (QED) is 0.271. The number of nitrogen functional groups attached to an aromatic ring is 1. The van der Waals surface area contributed by atoms with Gasteiger partial charge in [-0.25, -0.2) is 24.2 Å². The van der Waals surface area contributed by atoms with Crippen LogP contribution in [0, 0.1) is 0 Å². The predicted octanol–water partition coefficient (Wildman–Crippen LogP) is 5.67. The number of nitrogens with two attached hydrogens (primary N) is 1. The Labute approximate surface area is 246 Å². The molecule has 3 aromatic rings. The van der Waals surface area contributed by atoms with Crippen molar-refractivity contribution in [2.75, 3.05) is 24.3 Å². The summed E-state index contributed by atoms with van der Waals surface area (Å²) in [7, 11) is 0. The number of piperidine rings is 1. The third-order valence-electron chi connectivity index (χ3n) is 6.95. The van der Waals surface area contributed by atoms with E-state index in [9.17, 15) is 14.4 Å². The maximum Gasteiger partial charge on any atom is 0.410 e. The van der Waals surface area contributed by atoms with E-state index < -0.39 is 23.7 Å². The van der Waals surface area contributed by atoms with Crippen LogP contribution in [0.15, 0.2) is 42.6 Å². The van der Waals surface area contributed by atoms with Gasteiger partial charge in [0.15, 0.2) is 11.5 Å². The van der Waals surface area contributed by atoms with Crippen molar-refractivity contribution < 1.29 is 23.9 Å². The van der Waals surface area contributed by atoms with Crippen LogP contribution in [-0.4, -0.2) is 56.3 Å². The number of aromatic nitrogens is 3. The van der Waals surface area contributed by atoms with Crippen LogP contribution in [0.4, 0.5) is 10.6 Å². The molecule has 2 aromatic heterocycles. The highest BCUT2D eigenvalue weighted by Crippen LogP contribution is 2.35. The molecule has 1 fully saturated rings. The molecular formula is C31H40N6O5. The van der Waals surface area contributed by atoms with Crippen LogP contribution in [0.1, 0.15) is 105 Å². The summed E-state index contributed by atoms with van der Waals surface area (Å²) in [6.45, 7) is 11.9. The number of esters is 1. The highest BCUT2D eigenvalue weighted by Gasteiger charge is 2.36. The van der Waals surface area contributed by atoms with E-state index in [4.69, 9.17) is 20.3 Å². The van der Waals surface area contributed by atoms with Gasteiger partial charge < -0.3 is 20.6 Å². The van der Waals surface area contributed by atoms with E-state index in [0.717, 1.165) is 18.4 Å². The summed E-state index contributed by atoms with van der Waals surface area (Å²) in [5.74, 6) is 6.67. The molecule has 1 aliphatic rings. The van der Waals surface area contributed by atoms with Crippen LogP contribution in [0.25, 0.3) is 11.3 Å². The molecule has 1 saturated heterocycles. The molecule has 0 radical (unpaired) electrons. The minimum Gasteiger partial charge on any atom is -0.461 e. The number of hydrogen-bond acceptors (Lipinski definition) is 8. The SMILES string of the molecule is CCOC(=O)c1c(-c2ccc(C(=O)Nc3cc(C(C)C)ccn3)cc2)nc(C2CCCCN2C(=O)OC(C)(C)C)n1N. The number of anilines is 1. The summed E-state index contributed by atoms with van der Waals surface area (Å²) in [5.41, 5.74) is 1.74. The number of rotatable bonds is 7. The normalized spacial score (nSPS) is 15.4. The van der Waals surface area contributed by atoms with E-state index in [1.54, 1.807) is 42.3 Å². The average Bonchev–Trinajstić information content (AvgIpc) is 3.29. The predicted molar refractivity (Wildman–Crippen MR) is 160 cm³/mol. The van der Waals surface area contributed by atoms with Crippen LogP contribution < -0.4 is 11.2 Å². The lowest BCUT2D eigenvalue weighted by molar-refractivity contribution is 0.00820. The number of hydrogen-bond donors (Lipinski definition) is 2. The van der Waals surface area contributed by atoms with E-state index in [-0.39, 0.29) is 18.2 Å². The maximum absolute atomic E-state index is 13.1. The Bertz CT molecular complexity index is 1440. The zero-order valence-corrected chi connectivity index (χ0v) is 25.1. The third-order valence-corrected chi connectivity index (χ3v) is 6.95. The minimum absolute atomic E-state index is 0.0634. The molecule has 0 spiro atoms.